The topological polar surface area (TPSA) is 67.4 Å². The second-order valence-corrected chi connectivity index (χ2v) is 5.45. The van der Waals surface area contributed by atoms with E-state index >= 15 is 0 Å². The molecule has 0 aromatic carbocycles. The summed E-state index contributed by atoms with van der Waals surface area (Å²) in [6.45, 7) is 2.56. The Balaban J connectivity index is 2.31. The Morgan fingerprint density at radius 1 is 0.950 bits per heavy atom. The highest BCUT2D eigenvalue weighted by molar-refractivity contribution is 5.76. The maximum absolute atomic E-state index is 11.6. The average molecular weight is 284 g/mol. The van der Waals surface area contributed by atoms with Crippen molar-refractivity contribution in [3.8, 4) is 0 Å². The minimum absolute atomic E-state index is 0.0439. The van der Waals surface area contributed by atoms with Crippen LogP contribution >= 0.6 is 0 Å². The van der Waals surface area contributed by atoms with Gasteiger partial charge in [-0.25, -0.2) is 0 Å². The number of esters is 1. The number of hydrogen-bond acceptors (Lipinski definition) is 4. The van der Waals surface area contributed by atoms with Gasteiger partial charge in [-0.15, -0.1) is 0 Å². The van der Waals surface area contributed by atoms with Crippen molar-refractivity contribution in [2.45, 2.75) is 70.8 Å². The smallest absolute Gasteiger partial charge is 0.322 e. The molecule has 1 aliphatic heterocycles. The molecule has 0 radical (unpaired) electrons. The van der Waals surface area contributed by atoms with Crippen molar-refractivity contribution in [1.29, 1.82) is 0 Å². The summed E-state index contributed by atoms with van der Waals surface area (Å²) in [5, 5.41) is 5.72. The molecular formula is C15H28N2O3. The number of nitrogens with one attached hydrogen (secondary N) is 2. The molecule has 1 unspecified atom stereocenters. The van der Waals surface area contributed by atoms with Gasteiger partial charge in [-0.05, 0) is 19.8 Å². The highest BCUT2D eigenvalue weighted by Crippen LogP contribution is 2.10. The molecule has 0 aliphatic carbocycles. The van der Waals surface area contributed by atoms with Crippen molar-refractivity contribution >= 4 is 11.9 Å². The van der Waals surface area contributed by atoms with E-state index in [9.17, 15) is 9.59 Å². The number of carbonyl (C=O) groups excluding carboxylic acids is 2. The van der Waals surface area contributed by atoms with E-state index in [2.05, 4.69) is 10.6 Å². The van der Waals surface area contributed by atoms with E-state index in [0.29, 0.717) is 19.7 Å². The predicted octanol–water partition coefficient (Wildman–Crippen LogP) is 2.11. The number of rotatable bonds is 0. The lowest BCUT2D eigenvalue weighted by atomic mass is 10.1. The van der Waals surface area contributed by atoms with Crippen LogP contribution in [0.25, 0.3) is 0 Å². The third-order valence-electron chi connectivity index (χ3n) is 3.59. The molecule has 0 aromatic rings. The second kappa shape index (κ2) is 10.7. The molecule has 0 spiro atoms. The summed E-state index contributed by atoms with van der Waals surface area (Å²) in [4.78, 5) is 23.2. The summed E-state index contributed by atoms with van der Waals surface area (Å²) in [6.07, 6.45) is 9.58. The van der Waals surface area contributed by atoms with Crippen LogP contribution in [0.2, 0.25) is 0 Å². The third kappa shape index (κ3) is 8.15. The molecule has 1 heterocycles. The largest absolute Gasteiger partial charge is 0.465 e. The zero-order chi connectivity index (χ0) is 14.6. The molecule has 2 N–H and O–H groups in total. The van der Waals surface area contributed by atoms with Gasteiger partial charge in [-0.2, -0.15) is 0 Å². The van der Waals surface area contributed by atoms with Crippen LogP contribution in [-0.4, -0.2) is 31.2 Å². The molecule has 1 atom stereocenters. The Morgan fingerprint density at radius 3 is 2.25 bits per heavy atom. The van der Waals surface area contributed by atoms with Gasteiger partial charge in [-0.1, -0.05) is 38.5 Å². The molecule has 5 nitrogen and oxygen atoms in total. The minimum atomic E-state index is -0.383. The maximum atomic E-state index is 11.6. The fourth-order valence-electron chi connectivity index (χ4n) is 2.22. The van der Waals surface area contributed by atoms with Gasteiger partial charge in [0.2, 0.25) is 5.91 Å². The molecule has 1 fully saturated rings. The van der Waals surface area contributed by atoms with Crippen LogP contribution in [0, 0.1) is 0 Å². The highest BCUT2D eigenvalue weighted by Gasteiger charge is 2.13. The molecular weight excluding hydrogens is 256 g/mol. The van der Waals surface area contributed by atoms with Gasteiger partial charge in [0.1, 0.15) is 6.04 Å². The van der Waals surface area contributed by atoms with Crippen LogP contribution in [0.3, 0.4) is 0 Å². The summed E-state index contributed by atoms with van der Waals surface area (Å²) < 4.78 is 5.19. The molecule has 0 saturated carbocycles. The van der Waals surface area contributed by atoms with Crippen LogP contribution in [0.1, 0.15) is 64.7 Å². The number of cyclic esters (lactones) is 1. The van der Waals surface area contributed by atoms with E-state index in [4.69, 9.17) is 4.74 Å². The Kier molecular flexibility index (Phi) is 9.04. The van der Waals surface area contributed by atoms with E-state index in [0.717, 1.165) is 25.7 Å². The average Bonchev–Trinajstić information content (AvgIpc) is 2.43. The summed E-state index contributed by atoms with van der Waals surface area (Å²) in [5.74, 6) is -0.203. The van der Waals surface area contributed by atoms with E-state index in [1.807, 2.05) is 0 Å². The van der Waals surface area contributed by atoms with Crippen molar-refractivity contribution in [3.63, 3.8) is 0 Å². The van der Waals surface area contributed by atoms with Crippen molar-refractivity contribution in [2.24, 2.45) is 0 Å². The van der Waals surface area contributed by atoms with Crippen molar-refractivity contribution < 1.29 is 14.3 Å². The Morgan fingerprint density at radius 2 is 1.55 bits per heavy atom. The zero-order valence-corrected chi connectivity index (χ0v) is 12.6. The van der Waals surface area contributed by atoms with Crippen LogP contribution < -0.4 is 10.6 Å². The number of amides is 1. The minimum Gasteiger partial charge on any atom is -0.465 e. The van der Waals surface area contributed by atoms with Gasteiger partial charge in [0, 0.05) is 6.42 Å². The zero-order valence-electron chi connectivity index (χ0n) is 12.6. The first-order valence-electron chi connectivity index (χ1n) is 7.87. The summed E-state index contributed by atoms with van der Waals surface area (Å²) in [7, 11) is 0. The number of ether oxygens (including phenoxy) is 1. The molecule has 0 bridgehead atoms. The quantitative estimate of drug-likeness (QED) is 0.669. The molecule has 5 heteroatoms. The van der Waals surface area contributed by atoms with Gasteiger partial charge in [0.05, 0.1) is 13.3 Å². The van der Waals surface area contributed by atoms with Gasteiger partial charge < -0.3 is 10.1 Å². The normalized spacial score (nSPS) is 25.4. The monoisotopic (exact) mass is 284 g/mol. The first-order valence-corrected chi connectivity index (χ1v) is 7.87. The Bertz CT molecular complexity index is 295. The fraction of sp³-hybridized carbons (Fsp3) is 0.867. The van der Waals surface area contributed by atoms with E-state index in [1.165, 1.54) is 25.7 Å². The van der Waals surface area contributed by atoms with Crippen LogP contribution in [0.4, 0.5) is 0 Å². The summed E-state index contributed by atoms with van der Waals surface area (Å²) in [5.41, 5.74) is 0. The fourth-order valence-corrected chi connectivity index (χ4v) is 2.22. The summed E-state index contributed by atoms with van der Waals surface area (Å²) >= 11 is 0. The molecule has 1 amide bonds. The summed E-state index contributed by atoms with van der Waals surface area (Å²) in [6, 6.07) is -0.383. The second-order valence-electron chi connectivity index (χ2n) is 5.45. The third-order valence-corrected chi connectivity index (χ3v) is 3.59. The van der Waals surface area contributed by atoms with E-state index in [-0.39, 0.29) is 17.9 Å². The Hall–Kier alpha value is -1.10. The van der Waals surface area contributed by atoms with Crippen molar-refractivity contribution in [3.05, 3.63) is 0 Å². The van der Waals surface area contributed by atoms with E-state index < -0.39 is 0 Å². The van der Waals surface area contributed by atoms with Crippen LogP contribution in [0.5, 0.6) is 0 Å². The lowest BCUT2D eigenvalue weighted by molar-refractivity contribution is -0.146. The molecule has 1 saturated heterocycles. The first-order chi connectivity index (χ1) is 9.70. The predicted molar refractivity (Wildman–Crippen MR) is 78.1 cm³/mol. The van der Waals surface area contributed by atoms with Crippen molar-refractivity contribution in [1.82, 2.24) is 10.6 Å². The standard InChI is InChI=1S/C15H28N2O3/c1-13-15(19)20-11-9-7-5-3-2-4-6-8-10-14(18)17-12-16-13/h13,16H,2-12H2,1H3,(H,17,18). The van der Waals surface area contributed by atoms with Crippen LogP contribution in [-0.2, 0) is 14.3 Å². The van der Waals surface area contributed by atoms with Gasteiger partial charge in [-0.3, -0.25) is 14.9 Å². The maximum Gasteiger partial charge on any atom is 0.322 e. The van der Waals surface area contributed by atoms with Gasteiger partial charge >= 0.3 is 5.97 Å². The molecule has 1 aliphatic rings. The number of carbonyl (C=O) groups is 2. The lowest BCUT2D eigenvalue weighted by Crippen LogP contribution is -2.42. The first kappa shape index (κ1) is 17.0. The van der Waals surface area contributed by atoms with Gasteiger partial charge in [0.15, 0.2) is 0 Å². The lowest BCUT2D eigenvalue weighted by Gasteiger charge is -2.13. The molecule has 116 valence electrons. The Labute approximate surface area is 121 Å². The van der Waals surface area contributed by atoms with Crippen LogP contribution in [0.15, 0.2) is 0 Å². The van der Waals surface area contributed by atoms with Crippen molar-refractivity contribution in [2.75, 3.05) is 13.3 Å². The van der Waals surface area contributed by atoms with Gasteiger partial charge in [0.25, 0.3) is 0 Å². The van der Waals surface area contributed by atoms with E-state index in [1.54, 1.807) is 6.92 Å². The highest BCUT2D eigenvalue weighted by atomic mass is 16.5. The molecule has 20 heavy (non-hydrogen) atoms. The molecule has 1 rings (SSSR count). The number of hydrogen-bond donors (Lipinski definition) is 2. The SMILES string of the molecule is CC1NCNC(=O)CCCCCCCCCCOC1=O. The molecule has 0 aromatic heterocycles.